The predicted octanol–water partition coefficient (Wildman–Crippen LogP) is 3.28. The SMILES string of the molecule is CCN(C1=COC(=O)C(CC)(CC)C(=O)O1)c1cccs1. The molecule has 0 atom stereocenters. The largest absolute Gasteiger partial charge is 0.428 e. The Morgan fingerprint density at radius 1 is 1.19 bits per heavy atom. The first-order valence-electron chi connectivity index (χ1n) is 7.03. The fourth-order valence-corrected chi connectivity index (χ4v) is 3.11. The second kappa shape index (κ2) is 6.30. The molecule has 0 saturated heterocycles. The number of nitrogens with zero attached hydrogens (tertiary/aromatic N) is 1. The Bertz CT molecular complexity index is 546. The van der Waals surface area contributed by atoms with E-state index in [4.69, 9.17) is 9.47 Å². The molecule has 1 aromatic rings. The van der Waals surface area contributed by atoms with Crippen LogP contribution in [-0.4, -0.2) is 18.5 Å². The van der Waals surface area contributed by atoms with Gasteiger partial charge in [0.15, 0.2) is 11.7 Å². The van der Waals surface area contributed by atoms with Crippen molar-refractivity contribution in [3.05, 3.63) is 29.7 Å². The number of esters is 2. The minimum atomic E-state index is -1.22. The number of anilines is 1. The summed E-state index contributed by atoms with van der Waals surface area (Å²) in [5, 5.41) is 2.86. The summed E-state index contributed by atoms with van der Waals surface area (Å²) in [5.41, 5.74) is -1.22. The maximum atomic E-state index is 12.4. The van der Waals surface area contributed by atoms with E-state index in [9.17, 15) is 9.59 Å². The molecule has 0 saturated carbocycles. The number of hydrogen-bond acceptors (Lipinski definition) is 6. The Morgan fingerprint density at radius 2 is 1.90 bits per heavy atom. The molecule has 0 radical (unpaired) electrons. The van der Waals surface area contributed by atoms with Gasteiger partial charge in [0.2, 0.25) is 5.88 Å². The molecule has 0 aliphatic carbocycles. The van der Waals surface area contributed by atoms with E-state index >= 15 is 0 Å². The van der Waals surface area contributed by atoms with Crippen LogP contribution >= 0.6 is 11.3 Å². The molecular formula is C15H19NO4S. The summed E-state index contributed by atoms with van der Waals surface area (Å²) in [6.45, 7) is 6.11. The van der Waals surface area contributed by atoms with Crippen molar-refractivity contribution < 1.29 is 19.1 Å². The van der Waals surface area contributed by atoms with E-state index < -0.39 is 17.4 Å². The van der Waals surface area contributed by atoms with Gasteiger partial charge in [-0.1, -0.05) is 13.8 Å². The fraction of sp³-hybridized carbons (Fsp3) is 0.467. The van der Waals surface area contributed by atoms with Gasteiger partial charge in [0.05, 0.1) is 5.00 Å². The van der Waals surface area contributed by atoms with Crippen LogP contribution in [0.2, 0.25) is 0 Å². The third-order valence-corrected chi connectivity index (χ3v) is 4.70. The first-order valence-corrected chi connectivity index (χ1v) is 7.91. The minimum Gasteiger partial charge on any atom is -0.428 e. The summed E-state index contributed by atoms with van der Waals surface area (Å²) in [7, 11) is 0. The molecule has 21 heavy (non-hydrogen) atoms. The smallest absolute Gasteiger partial charge is 0.330 e. The molecule has 0 N–H and O–H groups in total. The Labute approximate surface area is 128 Å². The van der Waals surface area contributed by atoms with E-state index in [1.165, 1.54) is 17.6 Å². The second-order valence-corrected chi connectivity index (χ2v) is 5.66. The van der Waals surface area contributed by atoms with E-state index in [0.717, 1.165) is 5.00 Å². The molecule has 0 fully saturated rings. The van der Waals surface area contributed by atoms with Crippen LogP contribution in [0.15, 0.2) is 29.7 Å². The van der Waals surface area contributed by atoms with E-state index in [2.05, 4.69) is 0 Å². The number of carbonyl (C=O) groups is 2. The molecule has 1 aromatic heterocycles. The summed E-state index contributed by atoms with van der Waals surface area (Å²) in [6, 6.07) is 3.83. The van der Waals surface area contributed by atoms with Gasteiger partial charge in [-0.25, -0.2) is 0 Å². The van der Waals surface area contributed by atoms with Crippen LogP contribution in [0.4, 0.5) is 5.00 Å². The average molecular weight is 309 g/mol. The number of thiophene rings is 1. The van der Waals surface area contributed by atoms with Gasteiger partial charge < -0.3 is 14.4 Å². The maximum Gasteiger partial charge on any atom is 0.330 e. The first-order chi connectivity index (χ1) is 10.1. The molecule has 114 valence electrons. The number of carbonyl (C=O) groups excluding carboxylic acids is 2. The normalized spacial score (nSPS) is 17.6. The lowest BCUT2D eigenvalue weighted by atomic mass is 9.82. The van der Waals surface area contributed by atoms with Crippen molar-refractivity contribution in [2.24, 2.45) is 5.41 Å². The van der Waals surface area contributed by atoms with Crippen LogP contribution in [0.25, 0.3) is 0 Å². The lowest BCUT2D eigenvalue weighted by Crippen LogP contribution is -2.39. The van der Waals surface area contributed by atoms with Crippen LogP contribution in [0, 0.1) is 5.41 Å². The molecule has 1 aliphatic rings. The standard InChI is InChI=1S/C15H19NO4S/c1-4-15(5-2)13(17)19-10-11(20-14(15)18)16(6-3)12-8-7-9-21-12/h7-10H,4-6H2,1-3H3. The van der Waals surface area contributed by atoms with Crippen molar-refractivity contribution >= 4 is 28.3 Å². The number of ether oxygens (including phenoxy) is 2. The summed E-state index contributed by atoms with van der Waals surface area (Å²) >= 11 is 1.52. The van der Waals surface area contributed by atoms with Gasteiger partial charge >= 0.3 is 11.9 Å². The molecule has 0 spiro atoms. The molecule has 5 nitrogen and oxygen atoms in total. The number of hydrogen-bond donors (Lipinski definition) is 0. The van der Waals surface area contributed by atoms with Gasteiger partial charge in [0, 0.05) is 6.54 Å². The Kier molecular flexibility index (Phi) is 4.67. The highest BCUT2D eigenvalue weighted by Gasteiger charge is 2.48. The number of cyclic esters (lactones) is 2. The third-order valence-electron chi connectivity index (χ3n) is 3.81. The predicted molar refractivity (Wildman–Crippen MR) is 80.6 cm³/mol. The Morgan fingerprint density at radius 3 is 2.43 bits per heavy atom. The van der Waals surface area contributed by atoms with E-state index in [1.807, 2.05) is 24.4 Å². The molecule has 0 amide bonds. The van der Waals surface area contributed by atoms with Crippen LogP contribution in [0.5, 0.6) is 0 Å². The quantitative estimate of drug-likeness (QED) is 0.617. The van der Waals surface area contributed by atoms with E-state index in [0.29, 0.717) is 19.4 Å². The summed E-state index contributed by atoms with van der Waals surface area (Å²) in [5.74, 6) is -0.840. The monoisotopic (exact) mass is 309 g/mol. The van der Waals surface area contributed by atoms with Crippen LogP contribution < -0.4 is 4.90 Å². The molecule has 0 aromatic carbocycles. The Hall–Kier alpha value is -1.82. The van der Waals surface area contributed by atoms with Crippen molar-refractivity contribution in [1.82, 2.24) is 0 Å². The highest BCUT2D eigenvalue weighted by Crippen LogP contribution is 2.35. The van der Waals surface area contributed by atoms with Gasteiger partial charge in [-0.2, -0.15) is 0 Å². The molecule has 1 aliphatic heterocycles. The van der Waals surface area contributed by atoms with Crippen molar-refractivity contribution in [1.29, 1.82) is 0 Å². The zero-order valence-electron chi connectivity index (χ0n) is 12.4. The third kappa shape index (κ3) is 2.68. The van der Waals surface area contributed by atoms with Gasteiger partial charge in [0.25, 0.3) is 0 Å². The van der Waals surface area contributed by atoms with E-state index in [1.54, 1.807) is 18.7 Å². The van der Waals surface area contributed by atoms with Gasteiger partial charge in [-0.15, -0.1) is 11.3 Å². The van der Waals surface area contributed by atoms with Crippen molar-refractivity contribution in [3.8, 4) is 0 Å². The van der Waals surface area contributed by atoms with Gasteiger partial charge in [0.1, 0.15) is 0 Å². The highest BCUT2D eigenvalue weighted by molar-refractivity contribution is 7.14. The van der Waals surface area contributed by atoms with E-state index in [-0.39, 0.29) is 5.88 Å². The summed E-state index contributed by atoms with van der Waals surface area (Å²) < 4.78 is 10.6. The van der Waals surface area contributed by atoms with Crippen molar-refractivity contribution in [2.45, 2.75) is 33.6 Å². The first kappa shape index (κ1) is 15.6. The molecular weight excluding hydrogens is 290 g/mol. The zero-order chi connectivity index (χ0) is 15.5. The van der Waals surface area contributed by atoms with Gasteiger partial charge in [-0.05, 0) is 37.3 Å². The average Bonchev–Trinajstić information content (AvgIpc) is 2.97. The minimum absolute atomic E-state index is 0.252. The van der Waals surface area contributed by atoms with Crippen LogP contribution in [-0.2, 0) is 19.1 Å². The van der Waals surface area contributed by atoms with Gasteiger partial charge in [-0.3, -0.25) is 9.59 Å². The summed E-state index contributed by atoms with van der Waals surface area (Å²) in [6.07, 6.45) is 1.94. The maximum absolute atomic E-state index is 12.4. The van der Waals surface area contributed by atoms with Crippen molar-refractivity contribution in [2.75, 3.05) is 11.4 Å². The highest BCUT2D eigenvalue weighted by atomic mass is 32.1. The van der Waals surface area contributed by atoms with Crippen LogP contribution in [0.1, 0.15) is 33.6 Å². The zero-order valence-corrected chi connectivity index (χ0v) is 13.2. The lowest BCUT2D eigenvalue weighted by Gasteiger charge is -2.25. The number of rotatable bonds is 5. The molecule has 0 unspecified atom stereocenters. The second-order valence-electron chi connectivity index (χ2n) is 4.74. The molecule has 0 bridgehead atoms. The fourth-order valence-electron chi connectivity index (χ4n) is 2.31. The molecule has 2 heterocycles. The summed E-state index contributed by atoms with van der Waals surface area (Å²) in [4.78, 5) is 26.4. The lowest BCUT2D eigenvalue weighted by molar-refractivity contribution is -0.164. The van der Waals surface area contributed by atoms with Crippen molar-refractivity contribution in [3.63, 3.8) is 0 Å². The topological polar surface area (TPSA) is 55.8 Å². The van der Waals surface area contributed by atoms with Crippen LogP contribution in [0.3, 0.4) is 0 Å². The molecule has 6 heteroatoms. The molecule has 2 rings (SSSR count). The Balaban J connectivity index is 2.32.